The molecule has 1 heterocycles. The number of hydrazine groups is 1. The zero-order valence-corrected chi connectivity index (χ0v) is 18.3. The molecule has 33 heavy (non-hydrogen) atoms. The molecule has 0 atom stereocenters. The summed E-state index contributed by atoms with van der Waals surface area (Å²) < 4.78 is 0. The van der Waals surface area contributed by atoms with E-state index in [9.17, 15) is 19.2 Å². The van der Waals surface area contributed by atoms with Gasteiger partial charge in [0.05, 0.1) is 5.69 Å². The average Bonchev–Trinajstić information content (AvgIpc) is 3.75. The SMILES string of the molecule is O=C1CCC(=O)N(c2ccc(C(=O)N(Cc3ccc(C(=O)NC4CC4)cc3)C3CC3)cc2)N1. The molecule has 170 valence electrons. The minimum Gasteiger partial charge on any atom is -0.349 e. The maximum absolute atomic E-state index is 13.2. The number of nitrogens with zero attached hydrogens (tertiary/aromatic N) is 2. The molecule has 3 fully saturated rings. The van der Waals surface area contributed by atoms with Gasteiger partial charge in [0.2, 0.25) is 11.8 Å². The summed E-state index contributed by atoms with van der Waals surface area (Å²) in [6.07, 6.45) is 4.40. The van der Waals surface area contributed by atoms with Gasteiger partial charge in [0.1, 0.15) is 0 Å². The largest absolute Gasteiger partial charge is 0.349 e. The van der Waals surface area contributed by atoms with Gasteiger partial charge in [0.25, 0.3) is 11.8 Å². The Morgan fingerprint density at radius 1 is 0.909 bits per heavy atom. The van der Waals surface area contributed by atoms with Crippen molar-refractivity contribution in [2.75, 3.05) is 5.01 Å². The van der Waals surface area contributed by atoms with Gasteiger partial charge in [-0.15, -0.1) is 0 Å². The number of benzene rings is 2. The van der Waals surface area contributed by atoms with Gasteiger partial charge >= 0.3 is 0 Å². The number of carbonyl (C=O) groups excluding carboxylic acids is 4. The summed E-state index contributed by atoms with van der Waals surface area (Å²) in [5, 5.41) is 4.22. The molecular weight excluding hydrogens is 420 g/mol. The molecule has 0 unspecified atom stereocenters. The first kappa shape index (κ1) is 21.2. The van der Waals surface area contributed by atoms with E-state index in [0.717, 1.165) is 31.2 Å². The van der Waals surface area contributed by atoms with E-state index in [1.165, 1.54) is 5.01 Å². The molecule has 2 aromatic rings. The second-order valence-corrected chi connectivity index (χ2v) is 8.92. The smallest absolute Gasteiger partial charge is 0.254 e. The lowest BCUT2D eigenvalue weighted by Gasteiger charge is -2.27. The molecule has 0 spiro atoms. The third kappa shape index (κ3) is 4.89. The van der Waals surface area contributed by atoms with Crippen molar-refractivity contribution in [3.8, 4) is 0 Å². The minimum absolute atomic E-state index is 0.0531. The van der Waals surface area contributed by atoms with E-state index in [2.05, 4.69) is 10.7 Å². The lowest BCUT2D eigenvalue weighted by Crippen LogP contribution is -2.50. The molecule has 0 bridgehead atoms. The summed E-state index contributed by atoms with van der Waals surface area (Å²) >= 11 is 0. The van der Waals surface area contributed by atoms with Crippen LogP contribution in [0.5, 0.6) is 0 Å². The van der Waals surface area contributed by atoms with Crippen molar-refractivity contribution in [3.63, 3.8) is 0 Å². The molecule has 2 N–H and O–H groups in total. The molecule has 2 aromatic carbocycles. The van der Waals surface area contributed by atoms with Crippen LogP contribution in [0.2, 0.25) is 0 Å². The summed E-state index contributed by atoms with van der Waals surface area (Å²) in [5.41, 5.74) is 5.22. The van der Waals surface area contributed by atoms with Gasteiger partial charge in [0.15, 0.2) is 0 Å². The molecule has 1 saturated heterocycles. The molecule has 3 aliphatic rings. The Kier molecular flexibility index (Phi) is 5.58. The van der Waals surface area contributed by atoms with Crippen LogP contribution < -0.4 is 15.8 Å². The maximum atomic E-state index is 13.2. The molecular formula is C25H26N4O4. The van der Waals surface area contributed by atoms with E-state index < -0.39 is 0 Å². The summed E-state index contributed by atoms with van der Waals surface area (Å²) in [6.45, 7) is 0.469. The third-order valence-electron chi connectivity index (χ3n) is 6.15. The zero-order valence-electron chi connectivity index (χ0n) is 18.3. The Morgan fingerprint density at radius 2 is 1.58 bits per heavy atom. The number of rotatable bonds is 7. The van der Waals surface area contributed by atoms with Crippen LogP contribution in [0.1, 0.15) is 64.8 Å². The predicted octanol–water partition coefficient (Wildman–Crippen LogP) is 2.54. The van der Waals surface area contributed by atoms with E-state index in [1.807, 2.05) is 17.0 Å². The number of carbonyl (C=O) groups is 4. The Bertz CT molecular complexity index is 1090. The Balaban J connectivity index is 1.26. The van der Waals surface area contributed by atoms with E-state index >= 15 is 0 Å². The van der Waals surface area contributed by atoms with Crippen molar-refractivity contribution in [2.45, 2.75) is 57.2 Å². The molecule has 8 nitrogen and oxygen atoms in total. The molecule has 5 rings (SSSR count). The number of nitrogens with one attached hydrogen (secondary N) is 2. The van der Waals surface area contributed by atoms with Crippen LogP contribution in [0.15, 0.2) is 48.5 Å². The van der Waals surface area contributed by atoms with Crippen molar-refractivity contribution in [1.82, 2.24) is 15.6 Å². The van der Waals surface area contributed by atoms with Gasteiger partial charge in [-0.25, -0.2) is 5.01 Å². The molecule has 0 radical (unpaired) electrons. The zero-order chi connectivity index (χ0) is 22.9. The average molecular weight is 447 g/mol. The quantitative estimate of drug-likeness (QED) is 0.683. The number of amides is 4. The second kappa shape index (κ2) is 8.69. The van der Waals surface area contributed by atoms with Crippen molar-refractivity contribution in [3.05, 3.63) is 65.2 Å². The highest BCUT2D eigenvalue weighted by molar-refractivity contribution is 6.02. The highest BCUT2D eigenvalue weighted by Gasteiger charge is 2.33. The monoisotopic (exact) mass is 446 g/mol. The fourth-order valence-electron chi connectivity index (χ4n) is 3.91. The first-order valence-corrected chi connectivity index (χ1v) is 11.4. The maximum Gasteiger partial charge on any atom is 0.254 e. The van der Waals surface area contributed by atoms with Gasteiger partial charge in [-0.05, 0) is 67.6 Å². The summed E-state index contributed by atoms with van der Waals surface area (Å²) in [7, 11) is 0. The lowest BCUT2D eigenvalue weighted by molar-refractivity contribution is -0.130. The highest BCUT2D eigenvalue weighted by atomic mass is 16.2. The molecule has 8 heteroatoms. The van der Waals surface area contributed by atoms with Crippen LogP contribution in [0.4, 0.5) is 5.69 Å². The van der Waals surface area contributed by atoms with Crippen LogP contribution in [-0.2, 0) is 16.1 Å². The number of hydrogen-bond acceptors (Lipinski definition) is 4. The van der Waals surface area contributed by atoms with E-state index in [4.69, 9.17) is 0 Å². The topological polar surface area (TPSA) is 98.8 Å². The van der Waals surface area contributed by atoms with Gasteiger partial charge in [-0.3, -0.25) is 24.6 Å². The van der Waals surface area contributed by atoms with E-state index in [-0.39, 0.29) is 42.5 Å². The lowest BCUT2D eigenvalue weighted by atomic mass is 10.1. The summed E-state index contributed by atoms with van der Waals surface area (Å²) in [5.74, 6) is -0.510. The molecule has 2 saturated carbocycles. The second-order valence-electron chi connectivity index (χ2n) is 8.92. The molecule has 0 aromatic heterocycles. The first-order chi connectivity index (χ1) is 16.0. The van der Waals surface area contributed by atoms with Crippen molar-refractivity contribution in [2.24, 2.45) is 0 Å². The number of anilines is 1. The van der Waals surface area contributed by atoms with Crippen LogP contribution in [0.3, 0.4) is 0 Å². The highest BCUT2D eigenvalue weighted by Crippen LogP contribution is 2.30. The van der Waals surface area contributed by atoms with Gasteiger partial charge in [-0.2, -0.15) is 0 Å². The van der Waals surface area contributed by atoms with Crippen LogP contribution in [0, 0.1) is 0 Å². The predicted molar refractivity (Wildman–Crippen MR) is 121 cm³/mol. The molecule has 4 amide bonds. The summed E-state index contributed by atoms with van der Waals surface area (Å²) in [6, 6.07) is 14.7. The van der Waals surface area contributed by atoms with Gasteiger partial charge in [-0.1, -0.05) is 12.1 Å². The number of hydrogen-bond donors (Lipinski definition) is 2. The Hall–Kier alpha value is -3.68. The van der Waals surface area contributed by atoms with Crippen LogP contribution in [-0.4, -0.2) is 40.6 Å². The fraction of sp³-hybridized carbons (Fsp3) is 0.360. The van der Waals surface area contributed by atoms with Crippen LogP contribution in [0.25, 0.3) is 0 Å². The standard InChI is InChI=1S/C25H26N4O4/c30-22-13-14-23(31)29(27-22)21-9-5-18(6-10-21)25(33)28(20-11-12-20)15-16-1-3-17(4-2-16)24(32)26-19-7-8-19/h1-6,9-10,19-20H,7-8,11-15H2,(H,26,32)(H,27,30). The fourth-order valence-corrected chi connectivity index (χ4v) is 3.91. The van der Waals surface area contributed by atoms with Gasteiger partial charge < -0.3 is 10.2 Å². The normalized spacial score (nSPS) is 18.0. The van der Waals surface area contributed by atoms with E-state index in [1.54, 1.807) is 36.4 Å². The first-order valence-electron chi connectivity index (χ1n) is 11.4. The van der Waals surface area contributed by atoms with Crippen molar-refractivity contribution >= 4 is 29.3 Å². The summed E-state index contributed by atoms with van der Waals surface area (Å²) in [4.78, 5) is 51.0. The molecule has 1 aliphatic heterocycles. The van der Waals surface area contributed by atoms with Crippen LogP contribution >= 0.6 is 0 Å². The Labute approximate surface area is 191 Å². The third-order valence-corrected chi connectivity index (χ3v) is 6.15. The Morgan fingerprint density at radius 3 is 2.21 bits per heavy atom. The molecule has 2 aliphatic carbocycles. The van der Waals surface area contributed by atoms with E-state index in [0.29, 0.717) is 29.4 Å². The van der Waals surface area contributed by atoms with Crippen molar-refractivity contribution < 1.29 is 19.2 Å². The minimum atomic E-state index is -0.203. The van der Waals surface area contributed by atoms with Gasteiger partial charge in [0, 0.05) is 42.6 Å². The van der Waals surface area contributed by atoms with Crippen molar-refractivity contribution in [1.29, 1.82) is 0 Å².